The van der Waals surface area contributed by atoms with Crippen molar-refractivity contribution in [2.45, 2.75) is 26.8 Å². The van der Waals surface area contributed by atoms with Crippen molar-refractivity contribution in [3.8, 4) is 17.2 Å². The van der Waals surface area contributed by atoms with Crippen LogP contribution in [-0.4, -0.2) is 48.6 Å². The van der Waals surface area contributed by atoms with E-state index in [0.29, 0.717) is 29.5 Å². The summed E-state index contributed by atoms with van der Waals surface area (Å²) in [5, 5.41) is 13.4. The summed E-state index contributed by atoms with van der Waals surface area (Å²) >= 11 is 0. The van der Waals surface area contributed by atoms with Gasteiger partial charge in [-0.1, -0.05) is 0 Å². The monoisotopic (exact) mass is 348 g/mol. The fourth-order valence-corrected chi connectivity index (χ4v) is 2.72. The number of aliphatic hydroxyl groups is 1. The molecule has 136 valence electrons. The summed E-state index contributed by atoms with van der Waals surface area (Å²) in [4.78, 5) is 12.7. The molecule has 0 saturated carbocycles. The van der Waals surface area contributed by atoms with Gasteiger partial charge in [0.25, 0.3) is 0 Å². The number of nitrogens with zero attached hydrogens (tertiary/aromatic N) is 2. The van der Waals surface area contributed by atoms with Gasteiger partial charge in [0, 0.05) is 17.7 Å². The zero-order valence-corrected chi connectivity index (χ0v) is 15.3. The quantitative estimate of drug-likeness (QED) is 0.734. The van der Waals surface area contributed by atoms with E-state index in [9.17, 15) is 4.79 Å². The molecule has 7 heteroatoms. The lowest BCUT2D eigenvalue weighted by Crippen LogP contribution is -2.09. The molecule has 1 aromatic carbocycles. The first-order valence-electron chi connectivity index (χ1n) is 7.93. The van der Waals surface area contributed by atoms with E-state index in [1.807, 2.05) is 13.8 Å². The van der Waals surface area contributed by atoms with Gasteiger partial charge in [-0.2, -0.15) is 5.10 Å². The van der Waals surface area contributed by atoms with Crippen molar-refractivity contribution in [3.63, 3.8) is 0 Å². The van der Waals surface area contributed by atoms with Crippen LogP contribution >= 0.6 is 0 Å². The molecule has 0 aliphatic carbocycles. The molecule has 1 heterocycles. The number of ether oxygens (including phenoxy) is 3. The van der Waals surface area contributed by atoms with Crippen molar-refractivity contribution in [1.29, 1.82) is 0 Å². The number of ketones is 1. The zero-order chi connectivity index (χ0) is 18.6. The first kappa shape index (κ1) is 18.8. The van der Waals surface area contributed by atoms with E-state index in [-0.39, 0.29) is 18.8 Å². The summed E-state index contributed by atoms with van der Waals surface area (Å²) in [7, 11) is 4.60. The minimum absolute atomic E-state index is 0.0253. The molecule has 1 N–H and O–H groups in total. The molecule has 25 heavy (non-hydrogen) atoms. The third-order valence-corrected chi connectivity index (χ3v) is 4.17. The fraction of sp³-hybridized carbons (Fsp3) is 0.444. The summed E-state index contributed by atoms with van der Waals surface area (Å²) in [6.07, 6.45) is 0.160. The number of methoxy groups -OCH3 is 3. The number of hydrogen-bond donors (Lipinski definition) is 1. The van der Waals surface area contributed by atoms with E-state index < -0.39 is 0 Å². The number of carbonyl (C=O) groups is 1. The van der Waals surface area contributed by atoms with E-state index in [1.54, 1.807) is 16.8 Å². The molecule has 0 bridgehead atoms. The summed E-state index contributed by atoms with van der Waals surface area (Å²) in [5.41, 5.74) is 2.86. The van der Waals surface area contributed by atoms with E-state index in [0.717, 1.165) is 16.8 Å². The largest absolute Gasteiger partial charge is 0.493 e. The smallest absolute Gasteiger partial charge is 0.203 e. The highest BCUT2D eigenvalue weighted by atomic mass is 16.5. The minimum atomic E-state index is -0.105. The van der Waals surface area contributed by atoms with Crippen molar-refractivity contribution in [1.82, 2.24) is 9.78 Å². The van der Waals surface area contributed by atoms with Crippen molar-refractivity contribution in [3.05, 3.63) is 34.6 Å². The Hall–Kier alpha value is -2.54. The van der Waals surface area contributed by atoms with Crippen LogP contribution in [0.25, 0.3) is 0 Å². The molecule has 7 nitrogen and oxygen atoms in total. The van der Waals surface area contributed by atoms with Crippen LogP contribution in [0.2, 0.25) is 0 Å². The summed E-state index contributed by atoms with van der Waals surface area (Å²) in [6, 6.07) is 3.51. The van der Waals surface area contributed by atoms with E-state index in [4.69, 9.17) is 19.3 Å². The maximum atomic E-state index is 12.7. The molecular weight excluding hydrogens is 324 g/mol. The Labute approximate surface area is 147 Å². The lowest BCUT2D eigenvalue weighted by Gasteiger charge is -2.13. The molecule has 2 rings (SSSR count). The maximum Gasteiger partial charge on any atom is 0.203 e. The highest BCUT2D eigenvalue weighted by molar-refractivity contribution is 5.97. The van der Waals surface area contributed by atoms with Gasteiger partial charge in [0.2, 0.25) is 5.75 Å². The molecule has 1 aromatic heterocycles. The van der Waals surface area contributed by atoms with Crippen LogP contribution in [0.4, 0.5) is 0 Å². The average Bonchev–Trinajstić information content (AvgIpc) is 2.89. The van der Waals surface area contributed by atoms with Crippen LogP contribution in [-0.2, 0) is 13.0 Å². The fourth-order valence-electron chi connectivity index (χ4n) is 2.72. The van der Waals surface area contributed by atoms with Gasteiger partial charge in [0.05, 0.1) is 34.5 Å². The van der Waals surface area contributed by atoms with Crippen molar-refractivity contribution < 1.29 is 24.1 Å². The van der Waals surface area contributed by atoms with Crippen molar-refractivity contribution in [2.24, 2.45) is 0 Å². The minimum Gasteiger partial charge on any atom is -0.493 e. The highest BCUT2D eigenvalue weighted by Gasteiger charge is 2.20. The summed E-state index contributed by atoms with van der Waals surface area (Å²) in [5.74, 6) is 1.39. The summed E-state index contributed by atoms with van der Waals surface area (Å²) < 4.78 is 17.6. The number of rotatable bonds is 8. The van der Waals surface area contributed by atoms with E-state index >= 15 is 0 Å². The first-order chi connectivity index (χ1) is 12.0. The number of hydrogen-bond acceptors (Lipinski definition) is 6. The number of carbonyl (C=O) groups excluding carboxylic acids is 1. The zero-order valence-electron chi connectivity index (χ0n) is 15.3. The standard InChI is InChI=1S/C18H24N2O5/c1-11-12(2)20(6-7-21)19-17(11)14(22)8-13-9-15(23-3)18(25-5)16(10-13)24-4/h9-10,21H,6-8H2,1-5H3. The molecule has 2 aromatic rings. The SMILES string of the molecule is COc1cc(CC(=O)c2nn(CCO)c(C)c2C)cc(OC)c1OC. The molecule has 0 saturated heterocycles. The van der Waals surface area contributed by atoms with Crippen LogP contribution in [0.1, 0.15) is 27.3 Å². The van der Waals surface area contributed by atoms with Gasteiger partial charge in [-0.15, -0.1) is 0 Å². The third kappa shape index (κ3) is 3.76. The number of aliphatic hydroxyl groups excluding tert-OH is 1. The Morgan fingerprint density at radius 1 is 1.12 bits per heavy atom. The van der Waals surface area contributed by atoms with Crippen LogP contribution in [0.3, 0.4) is 0 Å². The van der Waals surface area contributed by atoms with Gasteiger partial charge in [0.1, 0.15) is 5.69 Å². The number of aromatic nitrogens is 2. The Morgan fingerprint density at radius 2 is 1.72 bits per heavy atom. The van der Waals surface area contributed by atoms with Gasteiger partial charge >= 0.3 is 0 Å². The van der Waals surface area contributed by atoms with Crippen LogP contribution in [0, 0.1) is 13.8 Å². The van der Waals surface area contributed by atoms with Crippen LogP contribution < -0.4 is 14.2 Å². The molecular formula is C18H24N2O5. The molecule has 0 aliphatic rings. The van der Waals surface area contributed by atoms with Gasteiger partial charge in [-0.3, -0.25) is 9.48 Å². The Kier molecular flexibility index (Phi) is 6.03. The van der Waals surface area contributed by atoms with Crippen molar-refractivity contribution in [2.75, 3.05) is 27.9 Å². The predicted molar refractivity (Wildman–Crippen MR) is 92.9 cm³/mol. The van der Waals surface area contributed by atoms with Gasteiger partial charge in [-0.05, 0) is 31.5 Å². The first-order valence-corrected chi connectivity index (χ1v) is 7.93. The molecule has 0 atom stereocenters. The van der Waals surface area contributed by atoms with Crippen LogP contribution in [0.15, 0.2) is 12.1 Å². The maximum absolute atomic E-state index is 12.7. The average molecular weight is 348 g/mol. The number of Topliss-reactive ketones (excluding diaryl/α,β-unsaturated/α-hetero) is 1. The van der Waals surface area contributed by atoms with Gasteiger partial charge in [-0.25, -0.2) is 0 Å². The Morgan fingerprint density at radius 3 is 2.20 bits per heavy atom. The molecule has 0 aliphatic heterocycles. The molecule has 0 spiro atoms. The second-order valence-corrected chi connectivity index (χ2v) is 5.64. The Balaban J connectivity index is 2.33. The molecule has 0 fully saturated rings. The molecule has 0 unspecified atom stereocenters. The summed E-state index contributed by atoms with van der Waals surface area (Å²) in [6.45, 7) is 4.08. The van der Waals surface area contributed by atoms with Crippen molar-refractivity contribution >= 4 is 5.78 Å². The molecule has 0 amide bonds. The lowest BCUT2D eigenvalue weighted by atomic mass is 10.0. The van der Waals surface area contributed by atoms with Gasteiger partial charge in [0.15, 0.2) is 17.3 Å². The highest BCUT2D eigenvalue weighted by Crippen LogP contribution is 2.38. The normalized spacial score (nSPS) is 10.6. The van der Waals surface area contributed by atoms with E-state index in [1.165, 1.54) is 21.3 Å². The van der Waals surface area contributed by atoms with Crippen LogP contribution in [0.5, 0.6) is 17.2 Å². The molecule has 0 radical (unpaired) electrons. The topological polar surface area (TPSA) is 82.8 Å². The Bertz CT molecular complexity index is 742. The third-order valence-electron chi connectivity index (χ3n) is 4.17. The number of benzene rings is 1. The van der Waals surface area contributed by atoms with E-state index in [2.05, 4.69) is 5.10 Å². The second-order valence-electron chi connectivity index (χ2n) is 5.64. The lowest BCUT2D eigenvalue weighted by molar-refractivity contribution is 0.0986. The predicted octanol–water partition coefficient (Wildman–Crippen LogP) is 1.94. The van der Waals surface area contributed by atoms with Gasteiger partial charge < -0.3 is 19.3 Å². The second kappa shape index (κ2) is 8.02.